The highest BCUT2D eigenvalue weighted by Gasteiger charge is 2.32. The number of ether oxygens (including phenoxy) is 2. The molecule has 0 bridgehead atoms. The minimum atomic E-state index is -0.628. The minimum Gasteiger partial charge on any atom is -0.492 e. The highest BCUT2D eigenvalue weighted by Crippen LogP contribution is 2.33. The number of carbonyl (C=O) groups is 2. The zero-order chi connectivity index (χ0) is 18.5. The third-order valence-electron chi connectivity index (χ3n) is 3.90. The fourth-order valence-electron chi connectivity index (χ4n) is 2.68. The molecular formula is C19H22ClN3O4. The van der Waals surface area contributed by atoms with Gasteiger partial charge in [-0.3, -0.25) is 14.5 Å². The first-order valence-electron chi connectivity index (χ1n) is 8.38. The van der Waals surface area contributed by atoms with Crippen LogP contribution >= 0.6 is 12.4 Å². The van der Waals surface area contributed by atoms with Crippen molar-refractivity contribution >= 4 is 35.6 Å². The Hall–Kier alpha value is -2.77. The number of fused-ring (bicyclic) bond motifs is 1. The molecule has 7 nitrogen and oxygen atoms in total. The van der Waals surface area contributed by atoms with E-state index in [1.807, 2.05) is 6.07 Å². The van der Waals surface area contributed by atoms with E-state index < -0.39 is 6.10 Å². The number of nitrogens with zero attached hydrogens (tertiary/aromatic N) is 1. The van der Waals surface area contributed by atoms with Crippen molar-refractivity contribution in [1.29, 1.82) is 0 Å². The SMILES string of the molecule is CC1Oc2ccccc2N(CC(=O)Nc2ccc(OCCN)cc2)C1=O.Cl. The van der Waals surface area contributed by atoms with Gasteiger partial charge in [0.15, 0.2) is 6.10 Å². The number of anilines is 2. The second kappa shape index (κ2) is 9.25. The molecule has 3 rings (SSSR count). The van der Waals surface area contributed by atoms with Crippen molar-refractivity contribution < 1.29 is 19.1 Å². The van der Waals surface area contributed by atoms with Crippen molar-refractivity contribution in [3.05, 3.63) is 48.5 Å². The summed E-state index contributed by atoms with van der Waals surface area (Å²) in [5.74, 6) is 0.732. The van der Waals surface area contributed by atoms with Crippen LogP contribution in [0.15, 0.2) is 48.5 Å². The third-order valence-corrected chi connectivity index (χ3v) is 3.90. The van der Waals surface area contributed by atoms with Crippen LogP contribution in [0.3, 0.4) is 0 Å². The van der Waals surface area contributed by atoms with E-state index >= 15 is 0 Å². The second-order valence-corrected chi connectivity index (χ2v) is 5.86. The first kappa shape index (κ1) is 20.5. The quantitative estimate of drug-likeness (QED) is 0.787. The molecule has 2 amide bonds. The predicted octanol–water partition coefficient (Wildman–Crippen LogP) is 2.20. The van der Waals surface area contributed by atoms with Crippen molar-refractivity contribution in [3.63, 3.8) is 0 Å². The van der Waals surface area contributed by atoms with Crippen molar-refractivity contribution in [2.24, 2.45) is 5.73 Å². The Kier molecular flexibility index (Phi) is 7.04. The van der Waals surface area contributed by atoms with Crippen molar-refractivity contribution in [1.82, 2.24) is 0 Å². The number of rotatable bonds is 6. The Bertz CT molecular complexity index is 798. The summed E-state index contributed by atoms with van der Waals surface area (Å²) in [6.45, 7) is 2.45. The number of halogens is 1. The summed E-state index contributed by atoms with van der Waals surface area (Å²) in [5.41, 5.74) is 6.61. The maximum Gasteiger partial charge on any atom is 0.268 e. The van der Waals surface area contributed by atoms with Crippen LogP contribution in [0.2, 0.25) is 0 Å². The summed E-state index contributed by atoms with van der Waals surface area (Å²) in [5, 5.41) is 2.78. The molecule has 144 valence electrons. The van der Waals surface area contributed by atoms with E-state index in [4.69, 9.17) is 15.2 Å². The molecule has 0 spiro atoms. The summed E-state index contributed by atoms with van der Waals surface area (Å²) >= 11 is 0. The van der Waals surface area contributed by atoms with Gasteiger partial charge in [-0.15, -0.1) is 12.4 Å². The fourth-order valence-corrected chi connectivity index (χ4v) is 2.68. The summed E-state index contributed by atoms with van der Waals surface area (Å²) in [4.78, 5) is 26.3. The zero-order valence-electron chi connectivity index (χ0n) is 14.9. The Balaban J connectivity index is 0.00000261. The van der Waals surface area contributed by atoms with Crippen LogP contribution in [-0.4, -0.2) is 37.6 Å². The summed E-state index contributed by atoms with van der Waals surface area (Å²) in [6, 6.07) is 14.2. The molecular weight excluding hydrogens is 370 g/mol. The summed E-state index contributed by atoms with van der Waals surface area (Å²) < 4.78 is 11.0. The van der Waals surface area contributed by atoms with Crippen molar-refractivity contribution in [2.45, 2.75) is 13.0 Å². The fraction of sp³-hybridized carbons (Fsp3) is 0.263. The van der Waals surface area contributed by atoms with E-state index in [2.05, 4.69) is 5.32 Å². The lowest BCUT2D eigenvalue weighted by atomic mass is 10.2. The molecule has 0 aliphatic carbocycles. The maximum atomic E-state index is 12.4. The number of carbonyl (C=O) groups excluding carboxylic acids is 2. The molecule has 2 aromatic carbocycles. The molecule has 3 N–H and O–H groups in total. The Morgan fingerprint density at radius 3 is 2.63 bits per heavy atom. The molecule has 1 heterocycles. The van der Waals surface area contributed by atoms with Gasteiger partial charge in [-0.05, 0) is 43.3 Å². The van der Waals surface area contributed by atoms with E-state index in [9.17, 15) is 9.59 Å². The molecule has 0 aromatic heterocycles. The van der Waals surface area contributed by atoms with Crippen LogP contribution in [-0.2, 0) is 9.59 Å². The number of para-hydroxylation sites is 2. The van der Waals surface area contributed by atoms with Crippen molar-refractivity contribution in [2.75, 3.05) is 29.9 Å². The topological polar surface area (TPSA) is 93.9 Å². The number of benzene rings is 2. The smallest absolute Gasteiger partial charge is 0.268 e. The lowest BCUT2D eigenvalue weighted by molar-refractivity contribution is -0.127. The molecule has 1 aliphatic rings. The second-order valence-electron chi connectivity index (χ2n) is 5.86. The van der Waals surface area contributed by atoms with Crippen LogP contribution in [0.4, 0.5) is 11.4 Å². The highest BCUT2D eigenvalue weighted by atomic mass is 35.5. The van der Waals surface area contributed by atoms with Crippen LogP contribution in [0, 0.1) is 0 Å². The van der Waals surface area contributed by atoms with Crippen molar-refractivity contribution in [3.8, 4) is 11.5 Å². The third kappa shape index (κ3) is 4.90. The van der Waals surface area contributed by atoms with E-state index in [-0.39, 0.29) is 30.8 Å². The van der Waals surface area contributed by atoms with Crippen LogP contribution in [0.1, 0.15) is 6.92 Å². The molecule has 0 saturated carbocycles. The molecule has 1 unspecified atom stereocenters. The first-order valence-corrected chi connectivity index (χ1v) is 8.38. The number of amides is 2. The van der Waals surface area contributed by atoms with E-state index in [1.54, 1.807) is 49.4 Å². The molecule has 2 aromatic rings. The van der Waals surface area contributed by atoms with Gasteiger partial charge in [-0.1, -0.05) is 12.1 Å². The molecule has 1 atom stereocenters. The monoisotopic (exact) mass is 391 g/mol. The Morgan fingerprint density at radius 1 is 1.22 bits per heavy atom. The van der Waals surface area contributed by atoms with E-state index in [1.165, 1.54) is 4.90 Å². The number of nitrogens with one attached hydrogen (secondary N) is 1. The minimum absolute atomic E-state index is 0. The molecule has 0 saturated heterocycles. The standard InChI is InChI=1S/C19H21N3O4.ClH/c1-13-19(24)22(16-4-2-3-5-17(16)26-13)12-18(23)21-14-6-8-15(9-7-14)25-11-10-20;/h2-9,13H,10-12,20H2,1H3,(H,21,23);1H. The van der Waals surface area contributed by atoms with Crippen LogP contribution in [0.25, 0.3) is 0 Å². The highest BCUT2D eigenvalue weighted by molar-refractivity contribution is 6.06. The largest absolute Gasteiger partial charge is 0.492 e. The molecule has 0 fully saturated rings. The lowest BCUT2D eigenvalue weighted by Gasteiger charge is -2.32. The molecule has 27 heavy (non-hydrogen) atoms. The summed E-state index contributed by atoms with van der Waals surface area (Å²) in [6.07, 6.45) is -0.628. The number of nitrogens with two attached hydrogens (primary N) is 1. The number of hydrogen-bond donors (Lipinski definition) is 2. The van der Waals surface area contributed by atoms with Gasteiger partial charge < -0.3 is 20.5 Å². The van der Waals surface area contributed by atoms with Gasteiger partial charge in [0.1, 0.15) is 24.7 Å². The predicted molar refractivity (Wildman–Crippen MR) is 106 cm³/mol. The summed E-state index contributed by atoms with van der Waals surface area (Å²) in [7, 11) is 0. The van der Waals surface area contributed by atoms with Crippen LogP contribution in [0.5, 0.6) is 11.5 Å². The van der Waals surface area contributed by atoms with Gasteiger partial charge in [-0.25, -0.2) is 0 Å². The Morgan fingerprint density at radius 2 is 1.93 bits per heavy atom. The molecule has 8 heteroatoms. The van der Waals surface area contributed by atoms with Gasteiger partial charge in [0, 0.05) is 12.2 Å². The zero-order valence-corrected chi connectivity index (χ0v) is 15.7. The van der Waals surface area contributed by atoms with Gasteiger partial charge in [-0.2, -0.15) is 0 Å². The average molecular weight is 392 g/mol. The average Bonchev–Trinajstić information content (AvgIpc) is 2.65. The van der Waals surface area contributed by atoms with E-state index in [0.29, 0.717) is 36.0 Å². The van der Waals surface area contributed by atoms with E-state index in [0.717, 1.165) is 0 Å². The van der Waals surface area contributed by atoms with Gasteiger partial charge in [0.05, 0.1) is 5.69 Å². The first-order chi connectivity index (χ1) is 12.6. The van der Waals surface area contributed by atoms with Gasteiger partial charge in [0.25, 0.3) is 5.91 Å². The molecule has 0 radical (unpaired) electrons. The van der Waals surface area contributed by atoms with Gasteiger partial charge >= 0.3 is 0 Å². The maximum absolute atomic E-state index is 12.4. The van der Waals surface area contributed by atoms with Gasteiger partial charge in [0.2, 0.25) is 5.91 Å². The molecule has 1 aliphatic heterocycles. The Labute approximate surface area is 163 Å². The van der Waals surface area contributed by atoms with Crippen LogP contribution < -0.4 is 25.4 Å². The number of hydrogen-bond acceptors (Lipinski definition) is 5. The lowest BCUT2D eigenvalue weighted by Crippen LogP contribution is -2.47. The normalized spacial score (nSPS) is 15.3.